The molecule has 0 atom stereocenters. The number of anilines is 1. The van der Waals surface area contributed by atoms with Crippen LogP contribution in [0.2, 0.25) is 10.0 Å². The summed E-state index contributed by atoms with van der Waals surface area (Å²) in [4.78, 5) is 0. The highest BCUT2D eigenvalue weighted by Crippen LogP contribution is 2.33. The molecule has 0 saturated carbocycles. The maximum atomic E-state index is 6.14. The first-order valence-electron chi connectivity index (χ1n) is 5.24. The lowest BCUT2D eigenvalue weighted by atomic mass is 10.1. The highest BCUT2D eigenvalue weighted by molar-refractivity contribution is 6.99. The second-order valence-corrected chi connectivity index (χ2v) is 4.88. The van der Waals surface area contributed by atoms with Crippen molar-refractivity contribution in [2.45, 2.75) is 13.3 Å². The number of aromatic nitrogens is 2. The quantitative estimate of drug-likeness (QED) is 0.909. The van der Waals surface area contributed by atoms with E-state index in [0.717, 1.165) is 41.8 Å². The van der Waals surface area contributed by atoms with Gasteiger partial charge in [-0.05, 0) is 24.6 Å². The highest BCUT2D eigenvalue weighted by Gasteiger charge is 2.13. The number of halogens is 2. The SMILES string of the molecule is CCCNc1nsnc1-c1cc(Cl)ccc1Cl. The Morgan fingerprint density at radius 3 is 2.88 bits per heavy atom. The van der Waals surface area contributed by atoms with Crippen molar-refractivity contribution in [1.29, 1.82) is 0 Å². The number of rotatable bonds is 4. The fourth-order valence-corrected chi connectivity index (χ4v) is 2.32. The van der Waals surface area contributed by atoms with Crippen molar-refractivity contribution in [1.82, 2.24) is 8.75 Å². The average molecular weight is 288 g/mol. The maximum Gasteiger partial charge on any atom is 0.168 e. The molecule has 3 nitrogen and oxygen atoms in total. The minimum atomic E-state index is 0.627. The van der Waals surface area contributed by atoms with Crippen molar-refractivity contribution < 1.29 is 0 Å². The Hall–Kier alpha value is -0.840. The summed E-state index contributed by atoms with van der Waals surface area (Å²) >= 11 is 13.3. The van der Waals surface area contributed by atoms with Crippen LogP contribution in [0.4, 0.5) is 5.82 Å². The fraction of sp³-hybridized carbons (Fsp3) is 0.273. The van der Waals surface area contributed by atoms with Gasteiger partial charge in [0.2, 0.25) is 0 Å². The Morgan fingerprint density at radius 2 is 2.12 bits per heavy atom. The Labute approximate surface area is 114 Å². The number of benzene rings is 1. The molecule has 6 heteroatoms. The van der Waals surface area contributed by atoms with E-state index >= 15 is 0 Å². The Morgan fingerprint density at radius 1 is 1.29 bits per heavy atom. The lowest BCUT2D eigenvalue weighted by molar-refractivity contribution is 0.974. The number of hydrogen-bond donors (Lipinski definition) is 1. The summed E-state index contributed by atoms with van der Waals surface area (Å²) in [6, 6.07) is 5.33. The van der Waals surface area contributed by atoms with Crippen molar-refractivity contribution in [3.63, 3.8) is 0 Å². The van der Waals surface area contributed by atoms with Gasteiger partial charge in [-0.25, -0.2) is 0 Å². The van der Waals surface area contributed by atoms with E-state index in [1.165, 1.54) is 0 Å². The smallest absolute Gasteiger partial charge is 0.168 e. The third kappa shape index (κ3) is 2.89. The molecule has 0 aliphatic heterocycles. The summed E-state index contributed by atoms with van der Waals surface area (Å²) in [6.07, 6.45) is 1.03. The Balaban J connectivity index is 2.38. The third-order valence-electron chi connectivity index (χ3n) is 2.21. The van der Waals surface area contributed by atoms with Crippen LogP contribution in [0.5, 0.6) is 0 Å². The molecule has 1 aromatic heterocycles. The van der Waals surface area contributed by atoms with Crippen LogP contribution in [0.25, 0.3) is 11.3 Å². The summed E-state index contributed by atoms with van der Waals surface area (Å²) in [7, 11) is 0. The second-order valence-electron chi connectivity index (χ2n) is 3.51. The standard InChI is InChI=1S/C11H11Cl2N3S/c1-2-5-14-11-10(15-17-16-11)8-6-7(12)3-4-9(8)13/h3-4,6H,2,5H2,1H3,(H,14,16). The summed E-state index contributed by atoms with van der Waals surface area (Å²) < 4.78 is 8.48. The maximum absolute atomic E-state index is 6.14. The zero-order chi connectivity index (χ0) is 12.3. The van der Waals surface area contributed by atoms with Crippen LogP contribution >= 0.6 is 34.9 Å². The number of hydrogen-bond acceptors (Lipinski definition) is 4. The predicted molar refractivity (Wildman–Crippen MR) is 74.1 cm³/mol. The van der Waals surface area contributed by atoms with Crippen LogP contribution in [0.15, 0.2) is 18.2 Å². The first kappa shape index (κ1) is 12.6. The molecule has 0 fully saturated rings. The Bertz CT molecular complexity index is 513. The van der Waals surface area contributed by atoms with Crippen LogP contribution < -0.4 is 5.32 Å². The summed E-state index contributed by atoms with van der Waals surface area (Å²) in [5.41, 5.74) is 1.57. The van der Waals surface area contributed by atoms with Gasteiger partial charge in [0.25, 0.3) is 0 Å². The van der Waals surface area contributed by atoms with Gasteiger partial charge in [-0.3, -0.25) is 0 Å². The average Bonchev–Trinajstić information content (AvgIpc) is 2.77. The minimum Gasteiger partial charge on any atom is -0.367 e. The zero-order valence-corrected chi connectivity index (χ0v) is 11.5. The van der Waals surface area contributed by atoms with Crippen LogP contribution in [0.1, 0.15) is 13.3 Å². The normalized spacial score (nSPS) is 10.5. The number of nitrogens with one attached hydrogen (secondary N) is 1. The second kappa shape index (κ2) is 5.67. The van der Waals surface area contributed by atoms with Crippen LogP contribution in [0, 0.1) is 0 Å². The van der Waals surface area contributed by atoms with Crippen molar-refractivity contribution in [3.05, 3.63) is 28.2 Å². The minimum absolute atomic E-state index is 0.627. The molecule has 90 valence electrons. The van der Waals surface area contributed by atoms with E-state index in [2.05, 4.69) is 21.0 Å². The molecule has 0 saturated heterocycles. The largest absolute Gasteiger partial charge is 0.367 e. The molecule has 0 spiro atoms. The van der Waals surface area contributed by atoms with Gasteiger partial charge in [0.15, 0.2) is 5.82 Å². The van der Waals surface area contributed by atoms with Gasteiger partial charge in [0.1, 0.15) is 5.69 Å². The molecule has 0 bridgehead atoms. The van der Waals surface area contributed by atoms with Crippen molar-refractivity contribution >= 4 is 40.7 Å². The van der Waals surface area contributed by atoms with Gasteiger partial charge in [0.05, 0.1) is 16.8 Å². The topological polar surface area (TPSA) is 37.8 Å². The monoisotopic (exact) mass is 287 g/mol. The fourth-order valence-electron chi connectivity index (χ4n) is 1.40. The molecule has 0 aliphatic carbocycles. The van der Waals surface area contributed by atoms with Gasteiger partial charge in [-0.15, -0.1) is 0 Å². The van der Waals surface area contributed by atoms with Crippen LogP contribution in [0.3, 0.4) is 0 Å². The van der Waals surface area contributed by atoms with Gasteiger partial charge >= 0.3 is 0 Å². The summed E-state index contributed by atoms with van der Waals surface area (Å²) in [6.45, 7) is 2.95. The molecule has 2 aromatic rings. The van der Waals surface area contributed by atoms with Gasteiger partial charge in [0, 0.05) is 17.1 Å². The molecule has 2 rings (SSSR count). The van der Waals surface area contributed by atoms with Crippen LogP contribution in [-0.2, 0) is 0 Å². The van der Waals surface area contributed by atoms with Gasteiger partial charge in [-0.1, -0.05) is 30.1 Å². The Kier molecular flexibility index (Phi) is 4.20. The van der Waals surface area contributed by atoms with Crippen LogP contribution in [-0.4, -0.2) is 15.3 Å². The van der Waals surface area contributed by atoms with E-state index in [1.807, 2.05) is 0 Å². The first-order valence-corrected chi connectivity index (χ1v) is 6.73. The van der Waals surface area contributed by atoms with E-state index in [-0.39, 0.29) is 0 Å². The van der Waals surface area contributed by atoms with Crippen molar-refractivity contribution in [2.75, 3.05) is 11.9 Å². The zero-order valence-electron chi connectivity index (χ0n) is 9.20. The van der Waals surface area contributed by atoms with E-state index in [9.17, 15) is 0 Å². The lowest BCUT2D eigenvalue weighted by Gasteiger charge is -2.05. The summed E-state index contributed by atoms with van der Waals surface area (Å²) in [5, 5.41) is 4.49. The van der Waals surface area contributed by atoms with E-state index < -0.39 is 0 Å². The lowest BCUT2D eigenvalue weighted by Crippen LogP contribution is -2.01. The molecule has 0 amide bonds. The van der Waals surface area contributed by atoms with Gasteiger partial charge < -0.3 is 5.32 Å². The van der Waals surface area contributed by atoms with E-state index in [0.29, 0.717) is 10.0 Å². The summed E-state index contributed by atoms with van der Waals surface area (Å²) in [5.74, 6) is 0.765. The van der Waals surface area contributed by atoms with Crippen molar-refractivity contribution in [2.24, 2.45) is 0 Å². The molecule has 0 aliphatic rings. The number of nitrogens with zero attached hydrogens (tertiary/aromatic N) is 2. The molecular weight excluding hydrogens is 277 g/mol. The third-order valence-corrected chi connectivity index (χ3v) is 3.31. The first-order chi connectivity index (χ1) is 8.22. The highest BCUT2D eigenvalue weighted by atomic mass is 35.5. The molecule has 1 aromatic carbocycles. The van der Waals surface area contributed by atoms with Crippen molar-refractivity contribution in [3.8, 4) is 11.3 Å². The van der Waals surface area contributed by atoms with E-state index in [4.69, 9.17) is 23.2 Å². The molecule has 1 heterocycles. The van der Waals surface area contributed by atoms with E-state index in [1.54, 1.807) is 18.2 Å². The van der Waals surface area contributed by atoms with Gasteiger partial charge in [-0.2, -0.15) is 8.75 Å². The molecule has 0 radical (unpaired) electrons. The molecule has 17 heavy (non-hydrogen) atoms. The molecular formula is C11H11Cl2N3S. The molecule has 0 unspecified atom stereocenters. The predicted octanol–water partition coefficient (Wildman–Crippen LogP) is 4.33. The molecule has 1 N–H and O–H groups in total.